The van der Waals surface area contributed by atoms with Crippen molar-refractivity contribution in [1.29, 1.82) is 0 Å². The zero-order chi connectivity index (χ0) is 34.5. The van der Waals surface area contributed by atoms with Gasteiger partial charge in [0.2, 0.25) is 5.91 Å². The Morgan fingerprint density at radius 3 is 1.57 bits per heavy atom. The molecule has 0 saturated heterocycles. The zero-order valence-electron chi connectivity index (χ0n) is 30.7. The number of hydrogen-bond acceptors (Lipinski definition) is 5. The van der Waals surface area contributed by atoms with Gasteiger partial charge in [-0.3, -0.25) is 9.59 Å². The molecule has 0 aromatic heterocycles. The van der Waals surface area contributed by atoms with E-state index in [-0.39, 0.29) is 18.5 Å². The molecule has 1 amide bonds. The summed E-state index contributed by atoms with van der Waals surface area (Å²) in [7, 11) is 0. The number of allylic oxidation sites excluding steroid dienone is 5. The van der Waals surface area contributed by atoms with Crippen molar-refractivity contribution in [2.75, 3.05) is 13.2 Å². The van der Waals surface area contributed by atoms with E-state index in [9.17, 15) is 19.8 Å². The Kier molecular flexibility index (Phi) is 35.4. The number of carbonyl (C=O) groups is 2. The molecule has 6 heteroatoms. The number of aliphatic hydroxyl groups excluding tert-OH is 2. The summed E-state index contributed by atoms with van der Waals surface area (Å²) in [6.07, 6.45) is 41.3. The number of ether oxygens (including phenoxy) is 1. The number of aliphatic hydroxyl groups is 2. The van der Waals surface area contributed by atoms with E-state index in [2.05, 4.69) is 43.5 Å². The average Bonchev–Trinajstić information content (AvgIpc) is 3.07. The van der Waals surface area contributed by atoms with Crippen LogP contribution in [0.4, 0.5) is 0 Å². The molecule has 0 aromatic rings. The molecule has 0 aliphatic heterocycles. The highest BCUT2D eigenvalue weighted by Crippen LogP contribution is 2.11. The maximum atomic E-state index is 12.3. The molecule has 3 N–H and O–H groups in total. The fourth-order valence-corrected chi connectivity index (χ4v) is 5.49. The van der Waals surface area contributed by atoms with Crippen molar-refractivity contribution < 1.29 is 24.5 Å². The highest BCUT2D eigenvalue weighted by molar-refractivity contribution is 5.76. The number of amides is 1. The number of carbonyl (C=O) groups excluding carboxylic acids is 2. The van der Waals surface area contributed by atoms with Crippen molar-refractivity contribution >= 4 is 11.9 Å². The second-order valence-electron chi connectivity index (χ2n) is 13.2. The van der Waals surface area contributed by atoms with Gasteiger partial charge in [-0.05, 0) is 77.0 Å². The Balaban J connectivity index is 3.61. The molecule has 0 rings (SSSR count). The second-order valence-corrected chi connectivity index (χ2v) is 13.2. The fourth-order valence-electron chi connectivity index (χ4n) is 5.49. The third-order valence-electron chi connectivity index (χ3n) is 8.63. The van der Waals surface area contributed by atoms with Gasteiger partial charge in [0, 0.05) is 12.8 Å². The van der Waals surface area contributed by atoms with E-state index >= 15 is 0 Å². The smallest absolute Gasteiger partial charge is 0.305 e. The minimum absolute atomic E-state index is 0.0517. The van der Waals surface area contributed by atoms with Gasteiger partial charge in [0.25, 0.3) is 0 Å². The van der Waals surface area contributed by atoms with Crippen molar-refractivity contribution in [3.8, 4) is 0 Å². The summed E-state index contributed by atoms with van der Waals surface area (Å²) in [5.41, 5.74) is 0. The van der Waals surface area contributed by atoms with Gasteiger partial charge in [0.15, 0.2) is 0 Å². The first kappa shape index (κ1) is 45.1. The van der Waals surface area contributed by atoms with Crippen molar-refractivity contribution in [3.05, 3.63) is 36.5 Å². The van der Waals surface area contributed by atoms with Gasteiger partial charge < -0.3 is 20.3 Å². The molecule has 47 heavy (non-hydrogen) atoms. The molecule has 0 aliphatic carbocycles. The largest absolute Gasteiger partial charge is 0.466 e. The molecular weight excluding hydrogens is 586 g/mol. The predicted molar refractivity (Wildman–Crippen MR) is 199 cm³/mol. The zero-order valence-corrected chi connectivity index (χ0v) is 30.7. The van der Waals surface area contributed by atoms with Crippen LogP contribution in [0.3, 0.4) is 0 Å². The highest BCUT2D eigenvalue weighted by Gasteiger charge is 2.17. The van der Waals surface area contributed by atoms with Gasteiger partial charge >= 0.3 is 5.97 Å². The van der Waals surface area contributed by atoms with Crippen LogP contribution in [0.15, 0.2) is 36.5 Å². The maximum absolute atomic E-state index is 12.3. The summed E-state index contributed by atoms with van der Waals surface area (Å²) < 4.78 is 5.38. The molecular formula is C41H75NO5. The van der Waals surface area contributed by atoms with Crippen molar-refractivity contribution in [2.45, 2.75) is 199 Å². The summed E-state index contributed by atoms with van der Waals surface area (Å²) >= 11 is 0. The van der Waals surface area contributed by atoms with E-state index in [1.807, 2.05) is 6.08 Å². The molecule has 2 atom stereocenters. The SMILES string of the molecule is CCCC/C=C\CCCCCCCC(=O)OCCCC/C=C\CCCCCCC(=O)NC(CO)C(O)/C=C/CCCCCCCCC. The molecule has 0 radical (unpaired) electrons. The first-order valence-corrected chi connectivity index (χ1v) is 19.8. The average molecular weight is 662 g/mol. The Bertz CT molecular complexity index is 778. The Labute approximate surface area is 290 Å². The van der Waals surface area contributed by atoms with E-state index in [0.29, 0.717) is 19.4 Å². The maximum Gasteiger partial charge on any atom is 0.305 e. The molecule has 0 bridgehead atoms. The third kappa shape index (κ3) is 33.8. The fraction of sp³-hybridized carbons (Fsp3) is 0.805. The Morgan fingerprint density at radius 2 is 1.02 bits per heavy atom. The first-order valence-electron chi connectivity index (χ1n) is 19.8. The minimum atomic E-state index is -0.863. The van der Waals surface area contributed by atoms with Gasteiger partial charge in [-0.15, -0.1) is 0 Å². The Morgan fingerprint density at radius 1 is 0.574 bits per heavy atom. The van der Waals surface area contributed by atoms with Gasteiger partial charge in [-0.25, -0.2) is 0 Å². The molecule has 2 unspecified atom stereocenters. The third-order valence-corrected chi connectivity index (χ3v) is 8.63. The monoisotopic (exact) mass is 662 g/mol. The van der Waals surface area contributed by atoms with Crippen LogP contribution in [0.2, 0.25) is 0 Å². The van der Waals surface area contributed by atoms with E-state index in [0.717, 1.165) is 77.0 Å². The molecule has 0 aromatic carbocycles. The van der Waals surface area contributed by atoms with Crippen molar-refractivity contribution in [3.63, 3.8) is 0 Å². The molecule has 0 spiro atoms. The van der Waals surface area contributed by atoms with Crippen LogP contribution in [0.25, 0.3) is 0 Å². The molecule has 6 nitrogen and oxygen atoms in total. The number of nitrogens with one attached hydrogen (secondary N) is 1. The van der Waals surface area contributed by atoms with Gasteiger partial charge in [0.05, 0.1) is 25.4 Å². The van der Waals surface area contributed by atoms with Crippen molar-refractivity contribution in [1.82, 2.24) is 5.32 Å². The lowest BCUT2D eigenvalue weighted by atomic mass is 10.1. The normalized spacial score (nSPS) is 13.2. The summed E-state index contributed by atoms with van der Waals surface area (Å²) in [6, 6.07) is -0.650. The van der Waals surface area contributed by atoms with E-state index < -0.39 is 12.1 Å². The van der Waals surface area contributed by atoms with E-state index in [4.69, 9.17) is 4.74 Å². The van der Waals surface area contributed by atoms with Crippen LogP contribution in [0.5, 0.6) is 0 Å². The number of esters is 1. The number of hydrogen-bond donors (Lipinski definition) is 3. The van der Waals surface area contributed by atoms with Gasteiger partial charge in [-0.2, -0.15) is 0 Å². The van der Waals surface area contributed by atoms with Gasteiger partial charge in [-0.1, -0.05) is 134 Å². The predicted octanol–water partition coefficient (Wildman–Crippen LogP) is 10.6. The summed E-state index contributed by atoms with van der Waals surface area (Å²) in [5.74, 6) is -0.162. The van der Waals surface area contributed by atoms with Crippen LogP contribution in [-0.2, 0) is 14.3 Å². The topological polar surface area (TPSA) is 95.9 Å². The van der Waals surface area contributed by atoms with Crippen LogP contribution in [0.1, 0.15) is 187 Å². The molecule has 0 heterocycles. The lowest BCUT2D eigenvalue weighted by molar-refractivity contribution is -0.143. The first-order chi connectivity index (χ1) is 23.0. The summed E-state index contributed by atoms with van der Waals surface area (Å²) in [4.78, 5) is 24.2. The van der Waals surface area contributed by atoms with Crippen LogP contribution in [0, 0.1) is 0 Å². The quantitative estimate of drug-likeness (QED) is 0.0357. The van der Waals surface area contributed by atoms with E-state index in [1.54, 1.807) is 6.08 Å². The van der Waals surface area contributed by atoms with E-state index in [1.165, 1.54) is 83.5 Å². The van der Waals surface area contributed by atoms with Crippen LogP contribution < -0.4 is 5.32 Å². The summed E-state index contributed by atoms with van der Waals surface area (Å²) in [6.45, 7) is 4.71. The number of unbranched alkanes of at least 4 members (excludes halogenated alkanes) is 20. The van der Waals surface area contributed by atoms with Crippen LogP contribution in [-0.4, -0.2) is 47.4 Å². The highest BCUT2D eigenvalue weighted by atomic mass is 16.5. The van der Waals surface area contributed by atoms with Crippen LogP contribution >= 0.6 is 0 Å². The summed E-state index contributed by atoms with van der Waals surface area (Å²) in [5, 5.41) is 22.8. The molecule has 0 aliphatic rings. The second kappa shape index (κ2) is 36.9. The standard InChI is InChI=1S/C41H75NO5/c1-3-5-7-9-11-13-14-19-23-27-31-35-41(46)47-36-32-28-24-20-16-15-18-22-26-30-34-40(45)42-38(37-43)39(44)33-29-25-21-17-12-10-8-6-4-2/h9,11,16,20,29,33,38-39,43-44H,3-8,10,12-15,17-19,21-28,30-32,34-37H2,1-2H3,(H,42,45)/b11-9-,20-16-,33-29+. The van der Waals surface area contributed by atoms with Crippen molar-refractivity contribution in [2.24, 2.45) is 0 Å². The lowest BCUT2D eigenvalue weighted by Crippen LogP contribution is -2.45. The molecule has 0 fully saturated rings. The minimum Gasteiger partial charge on any atom is -0.466 e. The molecule has 0 saturated carbocycles. The van der Waals surface area contributed by atoms with Gasteiger partial charge in [0.1, 0.15) is 0 Å². The molecule has 274 valence electrons. The lowest BCUT2D eigenvalue weighted by Gasteiger charge is -2.20. The number of rotatable bonds is 35. The Hall–Kier alpha value is -1.92.